The van der Waals surface area contributed by atoms with E-state index in [2.05, 4.69) is 10.3 Å². The van der Waals surface area contributed by atoms with Crippen LogP contribution < -0.4 is 5.32 Å². The van der Waals surface area contributed by atoms with Crippen molar-refractivity contribution in [3.05, 3.63) is 76.3 Å². The number of carbonyl (C=O) groups excluding carboxylic acids is 1. The summed E-state index contributed by atoms with van der Waals surface area (Å²) in [7, 11) is 0. The van der Waals surface area contributed by atoms with Crippen molar-refractivity contribution in [1.29, 1.82) is 0 Å². The van der Waals surface area contributed by atoms with Gasteiger partial charge in [0.2, 0.25) is 5.82 Å². The first-order chi connectivity index (χ1) is 13.0. The maximum Gasteiger partial charge on any atom is 0.306 e. The van der Waals surface area contributed by atoms with Gasteiger partial charge < -0.3 is 9.73 Å². The van der Waals surface area contributed by atoms with Crippen molar-refractivity contribution in [3.8, 4) is 10.8 Å². The molecule has 4 aromatic rings. The third kappa shape index (κ3) is 3.27. The van der Waals surface area contributed by atoms with Gasteiger partial charge in [-0.25, -0.2) is 4.98 Å². The van der Waals surface area contributed by atoms with Gasteiger partial charge in [-0.15, -0.1) is 11.3 Å². The Kier molecular flexibility index (Phi) is 4.13. The number of benzene rings is 2. The number of nitro benzene ring substituents is 1. The molecule has 0 fully saturated rings. The van der Waals surface area contributed by atoms with E-state index in [0.717, 1.165) is 22.3 Å². The highest BCUT2D eigenvalue weighted by molar-refractivity contribution is 7.21. The Hall–Kier alpha value is -3.59. The number of nitrogens with zero attached hydrogens (tertiary/aromatic N) is 2. The van der Waals surface area contributed by atoms with E-state index < -0.39 is 22.3 Å². The van der Waals surface area contributed by atoms with Crippen molar-refractivity contribution >= 4 is 38.8 Å². The topological polar surface area (TPSA) is 98.3 Å². The number of fused-ring (bicyclic) bond motifs is 1. The third-order valence-corrected chi connectivity index (χ3v) is 4.79. The zero-order valence-corrected chi connectivity index (χ0v) is 14.3. The molecular formula is C18H10FN3O4S. The summed E-state index contributed by atoms with van der Waals surface area (Å²) in [6.45, 7) is 0. The lowest BCUT2D eigenvalue weighted by atomic mass is 10.2. The first kappa shape index (κ1) is 16.9. The summed E-state index contributed by atoms with van der Waals surface area (Å²) in [5.74, 6) is -1.14. The second-order valence-electron chi connectivity index (χ2n) is 5.53. The Balaban J connectivity index is 1.57. The largest absolute Gasteiger partial charge is 0.448 e. The molecule has 1 amide bonds. The number of hydrogen-bond acceptors (Lipinski definition) is 6. The Labute approximate surface area is 155 Å². The van der Waals surface area contributed by atoms with E-state index in [1.807, 2.05) is 24.3 Å². The quantitative estimate of drug-likeness (QED) is 0.401. The monoisotopic (exact) mass is 383 g/mol. The zero-order valence-electron chi connectivity index (χ0n) is 13.5. The van der Waals surface area contributed by atoms with Crippen LogP contribution in [-0.2, 0) is 0 Å². The van der Waals surface area contributed by atoms with Crippen LogP contribution in [0.25, 0.3) is 21.0 Å². The molecule has 0 aliphatic carbocycles. The van der Waals surface area contributed by atoms with Crippen LogP contribution in [0.3, 0.4) is 0 Å². The second kappa shape index (κ2) is 6.61. The number of aromatic nitrogens is 1. The summed E-state index contributed by atoms with van der Waals surface area (Å²) in [6, 6.07) is 13.8. The highest BCUT2D eigenvalue weighted by atomic mass is 32.1. The van der Waals surface area contributed by atoms with Gasteiger partial charge in [-0.05, 0) is 36.4 Å². The highest BCUT2D eigenvalue weighted by Crippen LogP contribution is 2.31. The molecular weight excluding hydrogens is 373 g/mol. The lowest BCUT2D eigenvalue weighted by Gasteiger charge is -2.03. The molecule has 0 bridgehead atoms. The molecule has 0 saturated heterocycles. The molecule has 0 atom stereocenters. The predicted molar refractivity (Wildman–Crippen MR) is 98.3 cm³/mol. The van der Waals surface area contributed by atoms with Crippen LogP contribution in [0.1, 0.15) is 10.6 Å². The number of rotatable bonds is 4. The van der Waals surface area contributed by atoms with Gasteiger partial charge in [0.25, 0.3) is 5.91 Å². The molecule has 7 nitrogen and oxygen atoms in total. The van der Waals surface area contributed by atoms with Crippen LogP contribution in [0.2, 0.25) is 0 Å². The number of amides is 1. The van der Waals surface area contributed by atoms with Crippen LogP contribution in [0, 0.1) is 15.9 Å². The first-order valence-corrected chi connectivity index (χ1v) is 8.54. The van der Waals surface area contributed by atoms with Crippen LogP contribution in [0.5, 0.6) is 0 Å². The van der Waals surface area contributed by atoms with Crippen molar-refractivity contribution < 1.29 is 18.5 Å². The van der Waals surface area contributed by atoms with Gasteiger partial charge in [0.05, 0.1) is 15.1 Å². The van der Waals surface area contributed by atoms with Gasteiger partial charge in [-0.3, -0.25) is 14.9 Å². The highest BCUT2D eigenvalue weighted by Gasteiger charge is 2.18. The van der Waals surface area contributed by atoms with Gasteiger partial charge in [0, 0.05) is 11.8 Å². The third-order valence-electron chi connectivity index (χ3n) is 3.74. The lowest BCUT2D eigenvalue weighted by Crippen LogP contribution is -2.11. The summed E-state index contributed by atoms with van der Waals surface area (Å²) in [5, 5.41) is 13.9. The number of carbonyl (C=O) groups is 1. The number of para-hydroxylation sites is 1. The molecule has 27 heavy (non-hydrogen) atoms. The van der Waals surface area contributed by atoms with E-state index in [-0.39, 0.29) is 11.4 Å². The Morgan fingerprint density at radius 3 is 2.78 bits per heavy atom. The molecule has 0 spiro atoms. The molecule has 0 unspecified atom stereocenters. The van der Waals surface area contributed by atoms with E-state index in [1.165, 1.54) is 23.5 Å². The summed E-state index contributed by atoms with van der Waals surface area (Å²) in [6.07, 6.45) is 0. The maximum atomic E-state index is 13.4. The Bertz CT molecular complexity index is 1150. The SMILES string of the molecule is O=C(Nc1ccc(F)c([N+](=O)[O-])c1)c1ccc(-c2nc3ccccc3s2)o1. The van der Waals surface area contributed by atoms with E-state index in [4.69, 9.17) is 4.42 Å². The average Bonchev–Trinajstić information content (AvgIpc) is 3.29. The summed E-state index contributed by atoms with van der Waals surface area (Å²) < 4.78 is 19.9. The van der Waals surface area contributed by atoms with Crippen LogP contribution in [0.15, 0.2) is 59.0 Å². The minimum absolute atomic E-state index is 0.0104. The van der Waals surface area contributed by atoms with Crippen molar-refractivity contribution in [3.63, 3.8) is 0 Å². The standard InChI is InChI=1S/C18H10FN3O4S/c19-11-6-5-10(9-13(11)22(24)25)20-17(23)14-7-8-15(26-14)18-21-12-3-1-2-4-16(12)27-18/h1-9H,(H,20,23). The first-order valence-electron chi connectivity index (χ1n) is 7.72. The second-order valence-corrected chi connectivity index (χ2v) is 6.56. The summed E-state index contributed by atoms with van der Waals surface area (Å²) in [4.78, 5) is 26.7. The van der Waals surface area contributed by atoms with Gasteiger partial charge >= 0.3 is 5.69 Å². The number of hydrogen-bond donors (Lipinski definition) is 1. The van der Waals surface area contributed by atoms with Gasteiger partial charge in [0.15, 0.2) is 16.5 Å². The van der Waals surface area contributed by atoms with Gasteiger partial charge in [0.1, 0.15) is 0 Å². The molecule has 2 aromatic heterocycles. The maximum absolute atomic E-state index is 13.4. The van der Waals surface area contributed by atoms with E-state index >= 15 is 0 Å². The normalized spacial score (nSPS) is 10.9. The molecule has 0 aliphatic rings. The molecule has 4 rings (SSSR count). The van der Waals surface area contributed by atoms with Crippen LogP contribution in [0.4, 0.5) is 15.8 Å². The van der Waals surface area contributed by atoms with Crippen LogP contribution >= 0.6 is 11.3 Å². The van der Waals surface area contributed by atoms with Crippen molar-refractivity contribution in [2.24, 2.45) is 0 Å². The molecule has 0 radical (unpaired) electrons. The number of furan rings is 1. The number of nitrogens with one attached hydrogen (secondary N) is 1. The van der Waals surface area contributed by atoms with Crippen LogP contribution in [-0.4, -0.2) is 15.8 Å². The fourth-order valence-electron chi connectivity index (χ4n) is 2.48. The van der Waals surface area contributed by atoms with E-state index in [9.17, 15) is 19.3 Å². The molecule has 9 heteroatoms. The minimum Gasteiger partial charge on any atom is -0.448 e. The van der Waals surface area contributed by atoms with E-state index in [0.29, 0.717) is 10.8 Å². The molecule has 0 aliphatic heterocycles. The average molecular weight is 383 g/mol. The Morgan fingerprint density at radius 2 is 2.00 bits per heavy atom. The van der Waals surface area contributed by atoms with E-state index in [1.54, 1.807) is 6.07 Å². The lowest BCUT2D eigenvalue weighted by molar-refractivity contribution is -0.387. The van der Waals surface area contributed by atoms with Gasteiger partial charge in [-0.1, -0.05) is 12.1 Å². The molecule has 134 valence electrons. The van der Waals surface area contributed by atoms with Crippen molar-refractivity contribution in [2.45, 2.75) is 0 Å². The number of halogens is 1. The molecule has 1 N–H and O–H groups in total. The van der Waals surface area contributed by atoms with Crippen molar-refractivity contribution in [2.75, 3.05) is 5.32 Å². The fraction of sp³-hybridized carbons (Fsp3) is 0. The summed E-state index contributed by atoms with van der Waals surface area (Å²) >= 11 is 1.43. The number of anilines is 1. The van der Waals surface area contributed by atoms with Gasteiger partial charge in [-0.2, -0.15) is 4.39 Å². The predicted octanol–water partition coefficient (Wildman–Crippen LogP) is 4.86. The minimum atomic E-state index is -0.978. The zero-order chi connectivity index (χ0) is 19.0. The Morgan fingerprint density at radius 1 is 1.19 bits per heavy atom. The fourth-order valence-corrected chi connectivity index (χ4v) is 3.40. The molecule has 0 saturated carbocycles. The molecule has 2 aromatic carbocycles. The number of nitro groups is 1. The summed E-state index contributed by atoms with van der Waals surface area (Å²) in [5.41, 5.74) is 0.201. The molecule has 2 heterocycles. The smallest absolute Gasteiger partial charge is 0.306 e. The van der Waals surface area contributed by atoms with Crippen molar-refractivity contribution in [1.82, 2.24) is 4.98 Å². The number of thiazole rings is 1.